The van der Waals surface area contributed by atoms with Gasteiger partial charge < -0.3 is 10.6 Å². The highest BCUT2D eigenvalue weighted by Crippen LogP contribution is 2.30. The Morgan fingerprint density at radius 2 is 2.16 bits per heavy atom. The summed E-state index contributed by atoms with van der Waals surface area (Å²) >= 11 is 3.28. The molecule has 0 spiro atoms. The van der Waals surface area contributed by atoms with Crippen LogP contribution in [0.25, 0.3) is 0 Å². The van der Waals surface area contributed by atoms with E-state index in [-0.39, 0.29) is 18.1 Å². The summed E-state index contributed by atoms with van der Waals surface area (Å²) in [4.78, 5) is 22.0. The van der Waals surface area contributed by atoms with Crippen LogP contribution in [-0.4, -0.2) is 23.9 Å². The van der Waals surface area contributed by atoms with Crippen molar-refractivity contribution in [3.63, 3.8) is 0 Å². The summed E-state index contributed by atoms with van der Waals surface area (Å²) in [6.45, 7) is 4.59. The minimum absolute atomic E-state index is 0.0139. The van der Waals surface area contributed by atoms with E-state index in [1.165, 1.54) is 6.07 Å². The largest absolute Gasteiger partial charge is 0.324 e. The summed E-state index contributed by atoms with van der Waals surface area (Å²) in [7, 11) is 0. The molecule has 19 heavy (non-hydrogen) atoms. The molecule has 0 aromatic heterocycles. The van der Waals surface area contributed by atoms with Crippen LogP contribution in [-0.2, 0) is 4.79 Å². The average Bonchev–Trinajstić information content (AvgIpc) is 2.32. The monoisotopic (exact) mass is 329 g/mol. The van der Waals surface area contributed by atoms with Crippen LogP contribution in [0.2, 0.25) is 0 Å². The van der Waals surface area contributed by atoms with Crippen LogP contribution in [0.15, 0.2) is 16.6 Å². The number of carbonyl (C=O) groups is 1. The van der Waals surface area contributed by atoms with Crippen molar-refractivity contribution < 1.29 is 9.72 Å². The van der Waals surface area contributed by atoms with Crippen molar-refractivity contribution in [2.75, 3.05) is 18.4 Å². The summed E-state index contributed by atoms with van der Waals surface area (Å²) < 4.78 is 0.624. The number of hydrogen-bond acceptors (Lipinski definition) is 4. The molecule has 1 rings (SSSR count). The first-order valence-corrected chi connectivity index (χ1v) is 6.70. The first-order chi connectivity index (χ1) is 8.95. The van der Waals surface area contributed by atoms with E-state index in [0.717, 1.165) is 13.0 Å². The SMILES string of the molecule is CCCNCC(=O)Nc1cc([N+](=O)[O-])c(C)cc1Br. The topological polar surface area (TPSA) is 84.3 Å². The summed E-state index contributed by atoms with van der Waals surface area (Å²) in [6, 6.07) is 2.98. The highest BCUT2D eigenvalue weighted by molar-refractivity contribution is 9.10. The maximum absolute atomic E-state index is 11.6. The molecule has 0 aliphatic heterocycles. The van der Waals surface area contributed by atoms with E-state index in [2.05, 4.69) is 26.6 Å². The number of nitro benzene ring substituents is 1. The van der Waals surface area contributed by atoms with Gasteiger partial charge in [0.2, 0.25) is 5.91 Å². The Labute approximate surface area is 119 Å². The molecule has 104 valence electrons. The molecule has 0 atom stereocenters. The Kier molecular flexibility index (Phi) is 5.91. The molecule has 0 aliphatic carbocycles. The van der Waals surface area contributed by atoms with Gasteiger partial charge in [-0.1, -0.05) is 6.92 Å². The maximum Gasteiger partial charge on any atom is 0.274 e. The molecular formula is C12H16BrN3O3. The van der Waals surface area contributed by atoms with Gasteiger partial charge in [0.1, 0.15) is 0 Å². The van der Waals surface area contributed by atoms with E-state index in [0.29, 0.717) is 15.7 Å². The Bertz CT molecular complexity index is 491. The summed E-state index contributed by atoms with van der Waals surface area (Å²) in [6.07, 6.45) is 0.937. The third-order valence-corrected chi connectivity index (χ3v) is 3.12. The lowest BCUT2D eigenvalue weighted by Crippen LogP contribution is -2.28. The molecule has 7 heteroatoms. The number of aryl methyl sites for hydroxylation is 1. The number of hydrogen-bond donors (Lipinski definition) is 2. The van der Waals surface area contributed by atoms with Crippen molar-refractivity contribution in [3.8, 4) is 0 Å². The maximum atomic E-state index is 11.6. The molecule has 0 bridgehead atoms. The fourth-order valence-corrected chi connectivity index (χ4v) is 2.08. The first kappa shape index (κ1) is 15.6. The number of amides is 1. The van der Waals surface area contributed by atoms with Crippen molar-refractivity contribution in [1.29, 1.82) is 0 Å². The smallest absolute Gasteiger partial charge is 0.274 e. The molecule has 0 radical (unpaired) electrons. The van der Waals surface area contributed by atoms with Crippen molar-refractivity contribution >= 4 is 33.2 Å². The molecule has 0 heterocycles. The van der Waals surface area contributed by atoms with Gasteiger partial charge in [-0.2, -0.15) is 0 Å². The molecule has 1 amide bonds. The van der Waals surface area contributed by atoms with E-state index in [9.17, 15) is 14.9 Å². The molecule has 0 aliphatic rings. The quantitative estimate of drug-likeness (QED) is 0.477. The number of benzene rings is 1. The van der Waals surface area contributed by atoms with Gasteiger partial charge in [-0.15, -0.1) is 0 Å². The fourth-order valence-electron chi connectivity index (χ4n) is 1.53. The van der Waals surface area contributed by atoms with E-state index in [1.54, 1.807) is 13.0 Å². The van der Waals surface area contributed by atoms with Crippen LogP contribution in [0.3, 0.4) is 0 Å². The van der Waals surface area contributed by atoms with Gasteiger partial charge >= 0.3 is 0 Å². The van der Waals surface area contributed by atoms with Gasteiger partial charge in [0.15, 0.2) is 0 Å². The number of halogens is 1. The van der Waals surface area contributed by atoms with Crippen molar-refractivity contribution in [3.05, 3.63) is 32.3 Å². The zero-order valence-electron chi connectivity index (χ0n) is 10.8. The zero-order chi connectivity index (χ0) is 14.4. The van der Waals surface area contributed by atoms with Crippen molar-refractivity contribution in [1.82, 2.24) is 5.32 Å². The molecule has 1 aromatic carbocycles. The summed E-state index contributed by atoms with van der Waals surface area (Å²) in [5.41, 5.74) is 0.930. The Hall–Kier alpha value is -1.47. The Balaban J connectivity index is 2.80. The first-order valence-electron chi connectivity index (χ1n) is 5.90. The van der Waals surface area contributed by atoms with Crippen LogP contribution >= 0.6 is 15.9 Å². The minimum Gasteiger partial charge on any atom is -0.324 e. The van der Waals surface area contributed by atoms with Gasteiger partial charge in [0.05, 0.1) is 17.2 Å². The third-order valence-electron chi connectivity index (χ3n) is 2.47. The van der Waals surface area contributed by atoms with E-state index in [1.807, 2.05) is 6.92 Å². The lowest BCUT2D eigenvalue weighted by atomic mass is 10.2. The molecule has 6 nitrogen and oxygen atoms in total. The summed E-state index contributed by atoms with van der Waals surface area (Å²) in [5, 5.41) is 16.4. The van der Waals surface area contributed by atoms with Crippen LogP contribution in [0.5, 0.6) is 0 Å². The molecule has 1 aromatic rings. The standard InChI is InChI=1S/C12H16BrN3O3/c1-3-4-14-7-12(17)15-10-6-11(16(18)19)8(2)5-9(10)13/h5-6,14H,3-4,7H2,1-2H3,(H,15,17). The van der Waals surface area contributed by atoms with E-state index < -0.39 is 4.92 Å². The van der Waals surface area contributed by atoms with Crippen LogP contribution < -0.4 is 10.6 Å². The molecule has 0 saturated heterocycles. The number of nitrogens with one attached hydrogen (secondary N) is 2. The molecule has 0 saturated carbocycles. The lowest BCUT2D eigenvalue weighted by molar-refractivity contribution is -0.385. The van der Waals surface area contributed by atoms with Gasteiger partial charge in [-0.3, -0.25) is 14.9 Å². The Morgan fingerprint density at radius 1 is 1.47 bits per heavy atom. The minimum atomic E-state index is -0.466. The molecule has 0 fully saturated rings. The zero-order valence-corrected chi connectivity index (χ0v) is 12.4. The third kappa shape index (κ3) is 4.60. The number of carbonyl (C=O) groups excluding carboxylic acids is 1. The number of nitro groups is 1. The second-order valence-electron chi connectivity index (χ2n) is 4.10. The predicted molar refractivity (Wildman–Crippen MR) is 77.3 cm³/mol. The average molecular weight is 330 g/mol. The normalized spacial score (nSPS) is 10.3. The van der Waals surface area contributed by atoms with Crippen LogP contribution in [0.1, 0.15) is 18.9 Å². The Morgan fingerprint density at radius 3 is 2.74 bits per heavy atom. The van der Waals surface area contributed by atoms with E-state index in [4.69, 9.17) is 0 Å². The van der Waals surface area contributed by atoms with Crippen molar-refractivity contribution in [2.45, 2.75) is 20.3 Å². The molecule has 2 N–H and O–H groups in total. The van der Waals surface area contributed by atoms with Crippen LogP contribution in [0.4, 0.5) is 11.4 Å². The second-order valence-corrected chi connectivity index (χ2v) is 4.95. The highest BCUT2D eigenvalue weighted by atomic mass is 79.9. The van der Waals surface area contributed by atoms with Gasteiger partial charge in [-0.05, 0) is 41.9 Å². The number of anilines is 1. The van der Waals surface area contributed by atoms with Gasteiger partial charge in [-0.25, -0.2) is 0 Å². The lowest BCUT2D eigenvalue weighted by Gasteiger charge is -2.09. The van der Waals surface area contributed by atoms with Crippen LogP contribution in [0, 0.1) is 17.0 Å². The predicted octanol–water partition coefficient (Wildman–Crippen LogP) is 2.60. The van der Waals surface area contributed by atoms with Crippen molar-refractivity contribution in [2.24, 2.45) is 0 Å². The van der Waals surface area contributed by atoms with Gasteiger partial charge in [0, 0.05) is 16.1 Å². The molecule has 0 unspecified atom stereocenters. The second kappa shape index (κ2) is 7.20. The molecular weight excluding hydrogens is 314 g/mol. The van der Waals surface area contributed by atoms with E-state index >= 15 is 0 Å². The number of rotatable bonds is 6. The van der Waals surface area contributed by atoms with Gasteiger partial charge in [0.25, 0.3) is 5.69 Å². The highest BCUT2D eigenvalue weighted by Gasteiger charge is 2.15. The number of nitrogens with zero attached hydrogens (tertiary/aromatic N) is 1. The fraction of sp³-hybridized carbons (Fsp3) is 0.417. The summed E-state index contributed by atoms with van der Waals surface area (Å²) in [5.74, 6) is -0.229.